The molecule has 0 aromatic heterocycles. The molecule has 142 valence electrons. The summed E-state index contributed by atoms with van der Waals surface area (Å²) in [5, 5.41) is 5.91. The molecule has 6 nitrogen and oxygen atoms in total. The molecule has 0 radical (unpaired) electrons. The smallest absolute Gasteiger partial charge is 0.319 e. The molecule has 2 aromatic carbocycles. The normalized spacial score (nSPS) is 14.5. The fourth-order valence-corrected chi connectivity index (χ4v) is 3.22. The topological polar surface area (TPSA) is 64.7 Å². The second-order valence-corrected chi connectivity index (χ2v) is 6.82. The fourth-order valence-electron chi connectivity index (χ4n) is 3.22. The van der Waals surface area contributed by atoms with Gasteiger partial charge < -0.3 is 20.4 Å². The summed E-state index contributed by atoms with van der Waals surface area (Å²) in [7, 11) is 1.72. The molecule has 0 atom stereocenters. The maximum atomic E-state index is 12.3. The molecular weight excluding hydrogens is 340 g/mol. The van der Waals surface area contributed by atoms with Crippen molar-refractivity contribution in [2.45, 2.75) is 25.8 Å². The molecule has 0 unspecified atom stereocenters. The molecule has 0 aliphatic carbocycles. The van der Waals surface area contributed by atoms with Crippen LogP contribution in [-0.2, 0) is 4.79 Å². The van der Waals surface area contributed by atoms with E-state index in [1.807, 2.05) is 30.3 Å². The first kappa shape index (κ1) is 18.8. The molecule has 1 aliphatic rings. The van der Waals surface area contributed by atoms with E-state index < -0.39 is 0 Å². The lowest BCUT2D eigenvalue weighted by Crippen LogP contribution is -2.46. The summed E-state index contributed by atoms with van der Waals surface area (Å²) < 4.78 is 0. The number of hydrogen-bond acceptors (Lipinski definition) is 3. The Morgan fingerprint density at radius 1 is 1.00 bits per heavy atom. The number of carbonyl (C=O) groups excluding carboxylic acids is 2. The number of hydrogen-bond donors (Lipinski definition) is 2. The van der Waals surface area contributed by atoms with E-state index in [4.69, 9.17) is 0 Å². The first-order valence-electron chi connectivity index (χ1n) is 9.25. The Morgan fingerprint density at radius 2 is 1.63 bits per heavy atom. The predicted octanol–water partition coefficient (Wildman–Crippen LogP) is 3.46. The van der Waals surface area contributed by atoms with Crippen molar-refractivity contribution in [1.82, 2.24) is 5.32 Å². The lowest BCUT2D eigenvalue weighted by atomic mass is 10.0. The number of nitrogens with zero attached hydrogens (tertiary/aromatic N) is 2. The summed E-state index contributed by atoms with van der Waals surface area (Å²) in [6.07, 6.45) is 1.84. The number of piperidine rings is 1. The third-order valence-corrected chi connectivity index (χ3v) is 4.94. The molecule has 1 aliphatic heterocycles. The van der Waals surface area contributed by atoms with Gasteiger partial charge in [0.25, 0.3) is 0 Å². The van der Waals surface area contributed by atoms with Crippen molar-refractivity contribution in [2.75, 3.05) is 35.3 Å². The van der Waals surface area contributed by atoms with Crippen molar-refractivity contribution in [3.63, 3.8) is 0 Å². The average molecular weight is 366 g/mol. The minimum Gasteiger partial charge on any atom is -0.371 e. The van der Waals surface area contributed by atoms with Crippen molar-refractivity contribution in [3.8, 4) is 0 Å². The highest BCUT2D eigenvalue weighted by atomic mass is 16.2. The summed E-state index contributed by atoms with van der Waals surface area (Å²) in [6.45, 7) is 3.38. The molecule has 6 heteroatoms. The Bertz CT molecular complexity index is 769. The Hall–Kier alpha value is -3.02. The van der Waals surface area contributed by atoms with Crippen molar-refractivity contribution in [1.29, 1.82) is 0 Å². The van der Waals surface area contributed by atoms with Gasteiger partial charge in [-0.1, -0.05) is 18.2 Å². The second kappa shape index (κ2) is 8.58. The van der Waals surface area contributed by atoms with Crippen molar-refractivity contribution >= 4 is 29.0 Å². The van der Waals surface area contributed by atoms with Gasteiger partial charge in [0.1, 0.15) is 0 Å². The van der Waals surface area contributed by atoms with Gasteiger partial charge in [-0.2, -0.15) is 0 Å². The van der Waals surface area contributed by atoms with Crippen LogP contribution in [0.2, 0.25) is 0 Å². The third-order valence-electron chi connectivity index (χ3n) is 4.94. The third kappa shape index (κ3) is 5.00. The van der Waals surface area contributed by atoms with Gasteiger partial charge in [0, 0.05) is 50.2 Å². The molecule has 0 bridgehead atoms. The quantitative estimate of drug-likeness (QED) is 0.871. The molecular formula is C21H26N4O2. The predicted molar refractivity (Wildman–Crippen MR) is 109 cm³/mol. The fraction of sp³-hybridized carbons (Fsp3) is 0.333. The second-order valence-electron chi connectivity index (χ2n) is 6.82. The number of para-hydroxylation sites is 1. The van der Waals surface area contributed by atoms with E-state index >= 15 is 0 Å². The number of rotatable bonds is 4. The SMILES string of the molecule is CC(=O)N(C)c1ccc(NC(=O)NC2CCN(c3ccccc3)CC2)cc1. The zero-order chi connectivity index (χ0) is 19.2. The average Bonchev–Trinajstić information content (AvgIpc) is 2.69. The van der Waals surface area contributed by atoms with Crippen LogP contribution in [0.3, 0.4) is 0 Å². The molecule has 27 heavy (non-hydrogen) atoms. The first-order chi connectivity index (χ1) is 13.0. The molecule has 0 saturated carbocycles. The number of nitrogens with one attached hydrogen (secondary N) is 2. The Kier molecular flexibility index (Phi) is 5.96. The van der Waals surface area contributed by atoms with Crippen LogP contribution >= 0.6 is 0 Å². The maximum absolute atomic E-state index is 12.3. The van der Waals surface area contributed by atoms with Gasteiger partial charge >= 0.3 is 6.03 Å². The molecule has 3 rings (SSSR count). The van der Waals surface area contributed by atoms with Crippen LogP contribution in [-0.4, -0.2) is 38.1 Å². The van der Waals surface area contributed by atoms with E-state index in [9.17, 15) is 9.59 Å². The number of benzene rings is 2. The summed E-state index contributed by atoms with van der Waals surface area (Å²) in [5.41, 5.74) is 2.73. The Labute approximate surface area is 160 Å². The van der Waals surface area contributed by atoms with Crippen molar-refractivity contribution in [2.24, 2.45) is 0 Å². The lowest BCUT2D eigenvalue weighted by molar-refractivity contribution is -0.116. The zero-order valence-corrected chi connectivity index (χ0v) is 15.8. The van der Waals surface area contributed by atoms with E-state index in [2.05, 4.69) is 27.7 Å². The van der Waals surface area contributed by atoms with Crippen LogP contribution in [0.1, 0.15) is 19.8 Å². The monoisotopic (exact) mass is 366 g/mol. The van der Waals surface area contributed by atoms with Crippen molar-refractivity contribution in [3.05, 3.63) is 54.6 Å². The number of carbonyl (C=O) groups is 2. The molecule has 3 amide bonds. The number of amides is 3. The van der Waals surface area contributed by atoms with Crippen LogP contribution in [0.4, 0.5) is 21.9 Å². The molecule has 2 aromatic rings. The van der Waals surface area contributed by atoms with Crippen LogP contribution in [0, 0.1) is 0 Å². The molecule has 0 spiro atoms. The van der Waals surface area contributed by atoms with Gasteiger partial charge in [-0.15, -0.1) is 0 Å². The summed E-state index contributed by atoms with van der Waals surface area (Å²) in [5.74, 6) is -0.0321. The van der Waals surface area contributed by atoms with E-state index in [-0.39, 0.29) is 18.0 Å². The number of urea groups is 1. The summed E-state index contributed by atoms with van der Waals surface area (Å²) >= 11 is 0. The van der Waals surface area contributed by atoms with E-state index in [0.29, 0.717) is 5.69 Å². The van der Waals surface area contributed by atoms with Crippen LogP contribution < -0.4 is 20.4 Å². The summed E-state index contributed by atoms with van der Waals surface area (Å²) in [6, 6.07) is 17.6. The standard InChI is InChI=1S/C21H26N4O2/c1-16(26)24(2)19-10-8-17(9-11-19)22-21(27)23-18-12-14-25(15-13-18)20-6-4-3-5-7-20/h3-11,18H,12-15H2,1-2H3,(H2,22,23,27). The largest absolute Gasteiger partial charge is 0.371 e. The van der Waals surface area contributed by atoms with Gasteiger partial charge in [-0.25, -0.2) is 4.79 Å². The highest BCUT2D eigenvalue weighted by molar-refractivity contribution is 5.92. The van der Waals surface area contributed by atoms with Gasteiger partial charge in [0.15, 0.2) is 0 Å². The first-order valence-corrected chi connectivity index (χ1v) is 9.25. The highest BCUT2D eigenvalue weighted by Gasteiger charge is 2.20. The van der Waals surface area contributed by atoms with Crippen LogP contribution in [0.25, 0.3) is 0 Å². The Morgan fingerprint density at radius 3 is 2.22 bits per heavy atom. The summed E-state index contributed by atoms with van der Waals surface area (Å²) in [4.78, 5) is 27.6. The van der Waals surface area contributed by atoms with E-state index in [1.165, 1.54) is 12.6 Å². The van der Waals surface area contributed by atoms with E-state index in [1.54, 1.807) is 24.1 Å². The highest BCUT2D eigenvalue weighted by Crippen LogP contribution is 2.20. The van der Waals surface area contributed by atoms with Crippen LogP contribution in [0.5, 0.6) is 0 Å². The lowest BCUT2D eigenvalue weighted by Gasteiger charge is -2.34. The minimum atomic E-state index is -0.194. The Balaban J connectivity index is 1.47. The zero-order valence-electron chi connectivity index (χ0n) is 15.8. The molecule has 1 saturated heterocycles. The van der Waals surface area contributed by atoms with E-state index in [0.717, 1.165) is 31.6 Å². The van der Waals surface area contributed by atoms with Gasteiger partial charge in [-0.3, -0.25) is 4.79 Å². The van der Waals surface area contributed by atoms with Gasteiger partial charge in [0.05, 0.1) is 0 Å². The molecule has 2 N–H and O–H groups in total. The van der Waals surface area contributed by atoms with Gasteiger partial charge in [0.2, 0.25) is 5.91 Å². The maximum Gasteiger partial charge on any atom is 0.319 e. The van der Waals surface area contributed by atoms with Crippen LogP contribution in [0.15, 0.2) is 54.6 Å². The minimum absolute atomic E-state index is 0.0321. The molecule has 1 fully saturated rings. The number of anilines is 3. The van der Waals surface area contributed by atoms with Gasteiger partial charge in [-0.05, 0) is 49.2 Å². The van der Waals surface area contributed by atoms with Crippen molar-refractivity contribution < 1.29 is 9.59 Å². The molecule has 1 heterocycles.